The Bertz CT molecular complexity index is 416. The molecular formula is C14H19F2NO2. The molecule has 0 amide bonds. The summed E-state index contributed by atoms with van der Waals surface area (Å²) >= 11 is 0. The number of alkyl halides is 2. The van der Waals surface area contributed by atoms with Gasteiger partial charge in [0.05, 0.1) is 18.9 Å². The number of nitrogens with zero attached hydrogens (tertiary/aromatic N) is 1. The summed E-state index contributed by atoms with van der Waals surface area (Å²) in [5.41, 5.74) is 0.640. The molecule has 0 radical (unpaired) electrons. The van der Waals surface area contributed by atoms with Crippen molar-refractivity contribution in [3.05, 3.63) is 24.0 Å². The van der Waals surface area contributed by atoms with Crippen molar-refractivity contribution in [2.75, 3.05) is 6.61 Å². The molecule has 1 saturated carbocycles. The van der Waals surface area contributed by atoms with Gasteiger partial charge >= 0.3 is 0 Å². The Morgan fingerprint density at radius 1 is 1.42 bits per heavy atom. The van der Waals surface area contributed by atoms with Gasteiger partial charge in [0.1, 0.15) is 5.75 Å². The summed E-state index contributed by atoms with van der Waals surface area (Å²) in [6, 6.07) is 1.73. The minimum absolute atomic E-state index is 0.127. The SMILES string of the molecule is CCOc1cncc(C(O)C2CCC(F)(F)CC2)c1. The van der Waals surface area contributed by atoms with E-state index in [0.717, 1.165) is 0 Å². The first kappa shape index (κ1) is 14.2. The van der Waals surface area contributed by atoms with Crippen LogP contribution in [0.4, 0.5) is 8.78 Å². The Labute approximate surface area is 111 Å². The van der Waals surface area contributed by atoms with Gasteiger partial charge in [-0.2, -0.15) is 0 Å². The molecule has 0 spiro atoms. The van der Waals surface area contributed by atoms with Crippen molar-refractivity contribution in [3.63, 3.8) is 0 Å². The molecule has 5 heteroatoms. The smallest absolute Gasteiger partial charge is 0.248 e. The van der Waals surface area contributed by atoms with Gasteiger partial charge in [0.15, 0.2) is 0 Å². The van der Waals surface area contributed by atoms with E-state index in [2.05, 4.69) is 4.98 Å². The zero-order valence-electron chi connectivity index (χ0n) is 11.0. The Kier molecular flexibility index (Phi) is 4.34. The molecule has 3 nitrogen and oxygen atoms in total. The van der Waals surface area contributed by atoms with Gasteiger partial charge < -0.3 is 9.84 Å². The van der Waals surface area contributed by atoms with Crippen LogP contribution < -0.4 is 4.74 Å². The Balaban J connectivity index is 2.03. The molecule has 1 aliphatic rings. The van der Waals surface area contributed by atoms with E-state index < -0.39 is 12.0 Å². The lowest BCUT2D eigenvalue weighted by atomic mass is 9.81. The number of ether oxygens (including phenoxy) is 1. The molecule has 19 heavy (non-hydrogen) atoms. The zero-order chi connectivity index (χ0) is 13.9. The highest BCUT2D eigenvalue weighted by Crippen LogP contribution is 2.41. The van der Waals surface area contributed by atoms with Gasteiger partial charge in [0.2, 0.25) is 5.92 Å². The highest BCUT2D eigenvalue weighted by atomic mass is 19.3. The van der Waals surface area contributed by atoms with Gasteiger partial charge in [-0.3, -0.25) is 4.98 Å². The monoisotopic (exact) mass is 271 g/mol. The van der Waals surface area contributed by atoms with E-state index >= 15 is 0 Å². The number of halogens is 2. The summed E-state index contributed by atoms with van der Waals surface area (Å²) in [6.07, 6.45) is 2.79. The zero-order valence-corrected chi connectivity index (χ0v) is 11.0. The molecule has 1 aliphatic carbocycles. The first-order valence-corrected chi connectivity index (χ1v) is 6.65. The van der Waals surface area contributed by atoms with Crippen LogP contribution in [0.2, 0.25) is 0 Å². The van der Waals surface area contributed by atoms with Gasteiger partial charge in [-0.15, -0.1) is 0 Å². The molecule has 1 atom stereocenters. The van der Waals surface area contributed by atoms with Gasteiger partial charge in [-0.05, 0) is 31.7 Å². The maximum atomic E-state index is 13.1. The number of aliphatic hydroxyl groups excluding tert-OH is 1. The topological polar surface area (TPSA) is 42.4 Å². The van der Waals surface area contributed by atoms with E-state index in [1.807, 2.05) is 6.92 Å². The Hall–Kier alpha value is -1.23. The molecular weight excluding hydrogens is 252 g/mol. The molecule has 0 aliphatic heterocycles. The van der Waals surface area contributed by atoms with E-state index in [9.17, 15) is 13.9 Å². The third-order valence-electron chi connectivity index (χ3n) is 3.60. The van der Waals surface area contributed by atoms with Crippen molar-refractivity contribution < 1.29 is 18.6 Å². The second-order valence-electron chi connectivity index (χ2n) is 5.03. The van der Waals surface area contributed by atoms with Crippen LogP contribution in [0.3, 0.4) is 0 Å². The largest absolute Gasteiger partial charge is 0.492 e. The average Bonchev–Trinajstić information content (AvgIpc) is 2.39. The second-order valence-corrected chi connectivity index (χ2v) is 5.03. The van der Waals surface area contributed by atoms with Crippen molar-refractivity contribution in [3.8, 4) is 5.75 Å². The third kappa shape index (κ3) is 3.62. The summed E-state index contributed by atoms with van der Waals surface area (Å²) < 4.78 is 31.5. The lowest BCUT2D eigenvalue weighted by Crippen LogP contribution is -2.27. The fourth-order valence-electron chi connectivity index (χ4n) is 2.49. The van der Waals surface area contributed by atoms with Crippen molar-refractivity contribution in [1.29, 1.82) is 0 Å². The maximum absolute atomic E-state index is 13.1. The van der Waals surface area contributed by atoms with Crippen molar-refractivity contribution >= 4 is 0 Å². The van der Waals surface area contributed by atoms with Crippen LogP contribution in [-0.4, -0.2) is 22.6 Å². The van der Waals surface area contributed by atoms with Crippen LogP contribution in [0.5, 0.6) is 5.75 Å². The molecule has 1 N–H and O–H groups in total. The molecule has 2 rings (SSSR count). The van der Waals surface area contributed by atoms with Gasteiger partial charge in [-0.25, -0.2) is 8.78 Å². The molecule has 0 bridgehead atoms. The Morgan fingerprint density at radius 2 is 2.11 bits per heavy atom. The summed E-state index contributed by atoms with van der Waals surface area (Å²) in [5.74, 6) is -2.10. The second kappa shape index (κ2) is 5.82. The average molecular weight is 271 g/mol. The minimum Gasteiger partial charge on any atom is -0.492 e. The van der Waals surface area contributed by atoms with Crippen LogP contribution in [0.25, 0.3) is 0 Å². The maximum Gasteiger partial charge on any atom is 0.248 e. The van der Waals surface area contributed by atoms with Crippen molar-refractivity contribution in [2.24, 2.45) is 5.92 Å². The molecule has 1 heterocycles. The first-order valence-electron chi connectivity index (χ1n) is 6.65. The van der Waals surface area contributed by atoms with E-state index in [4.69, 9.17) is 4.74 Å². The molecule has 106 valence electrons. The number of hydrogen-bond acceptors (Lipinski definition) is 3. The number of pyridine rings is 1. The van der Waals surface area contributed by atoms with E-state index in [-0.39, 0.29) is 18.8 Å². The normalized spacial score (nSPS) is 21.1. The minimum atomic E-state index is -2.57. The van der Waals surface area contributed by atoms with E-state index in [1.165, 1.54) is 0 Å². The molecule has 0 saturated heterocycles. The first-order chi connectivity index (χ1) is 9.02. The van der Waals surface area contributed by atoms with Gasteiger partial charge in [0, 0.05) is 24.6 Å². The molecule has 0 aromatic carbocycles. The lowest BCUT2D eigenvalue weighted by molar-refractivity contribution is -0.0627. The number of hydrogen-bond donors (Lipinski definition) is 1. The highest BCUT2D eigenvalue weighted by Gasteiger charge is 2.37. The van der Waals surface area contributed by atoms with Crippen LogP contribution in [0, 0.1) is 5.92 Å². The fourth-order valence-corrected chi connectivity index (χ4v) is 2.49. The summed E-state index contributed by atoms with van der Waals surface area (Å²) in [7, 11) is 0. The Morgan fingerprint density at radius 3 is 2.74 bits per heavy atom. The predicted molar refractivity (Wildman–Crippen MR) is 67.3 cm³/mol. The van der Waals surface area contributed by atoms with E-state index in [0.29, 0.717) is 30.8 Å². The molecule has 1 fully saturated rings. The number of aromatic nitrogens is 1. The van der Waals surface area contributed by atoms with Crippen LogP contribution in [0.1, 0.15) is 44.3 Å². The highest BCUT2D eigenvalue weighted by molar-refractivity contribution is 5.25. The summed E-state index contributed by atoms with van der Waals surface area (Å²) in [5, 5.41) is 10.3. The third-order valence-corrected chi connectivity index (χ3v) is 3.60. The number of aliphatic hydroxyl groups is 1. The predicted octanol–water partition coefficient (Wildman–Crippen LogP) is 3.34. The molecule has 1 aromatic rings. The molecule has 1 unspecified atom stereocenters. The fraction of sp³-hybridized carbons (Fsp3) is 0.643. The quantitative estimate of drug-likeness (QED) is 0.913. The van der Waals surface area contributed by atoms with Crippen molar-refractivity contribution in [2.45, 2.75) is 44.6 Å². The van der Waals surface area contributed by atoms with Crippen LogP contribution in [-0.2, 0) is 0 Å². The van der Waals surface area contributed by atoms with Crippen LogP contribution in [0.15, 0.2) is 18.5 Å². The summed E-state index contributed by atoms with van der Waals surface area (Å²) in [6.45, 7) is 2.39. The molecule has 1 aromatic heterocycles. The summed E-state index contributed by atoms with van der Waals surface area (Å²) in [4.78, 5) is 4.01. The lowest BCUT2D eigenvalue weighted by Gasteiger charge is -2.31. The van der Waals surface area contributed by atoms with Gasteiger partial charge in [-0.1, -0.05) is 0 Å². The van der Waals surface area contributed by atoms with E-state index in [1.54, 1.807) is 18.5 Å². The standard InChI is InChI=1S/C14H19F2NO2/c1-2-19-12-7-11(8-17-9-12)13(18)10-3-5-14(15,16)6-4-10/h7-10,13,18H,2-6H2,1H3. The van der Waals surface area contributed by atoms with Crippen molar-refractivity contribution in [1.82, 2.24) is 4.98 Å². The van der Waals surface area contributed by atoms with Crippen LogP contribution >= 0.6 is 0 Å². The number of rotatable bonds is 4. The van der Waals surface area contributed by atoms with Gasteiger partial charge in [0.25, 0.3) is 0 Å².